The number of benzene rings is 3. The number of rotatable bonds is 10. The Hall–Kier alpha value is -5.98. The lowest BCUT2D eigenvalue weighted by atomic mass is 9.49. The first-order valence-electron chi connectivity index (χ1n) is 25.8. The summed E-state index contributed by atoms with van der Waals surface area (Å²) in [7, 11) is 1.79. The van der Waals surface area contributed by atoms with Crippen molar-refractivity contribution in [2.24, 2.45) is 23.3 Å². The van der Waals surface area contributed by atoms with E-state index in [0.717, 1.165) is 86.6 Å². The van der Waals surface area contributed by atoms with Gasteiger partial charge in [0.25, 0.3) is 12.3 Å². The van der Waals surface area contributed by atoms with E-state index in [2.05, 4.69) is 75.7 Å². The summed E-state index contributed by atoms with van der Waals surface area (Å²) in [5.41, 5.74) is 6.99. The van der Waals surface area contributed by atoms with E-state index in [0.29, 0.717) is 64.1 Å². The van der Waals surface area contributed by atoms with Gasteiger partial charge in [-0.25, -0.2) is 8.78 Å². The Labute approximate surface area is 426 Å². The molecule has 0 radical (unpaired) electrons. The van der Waals surface area contributed by atoms with Crippen LogP contribution >= 0.6 is 11.6 Å². The predicted molar refractivity (Wildman–Crippen MR) is 274 cm³/mol. The lowest BCUT2D eigenvalue weighted by molar-refractivity contribution is -0.164. The van der Waals surface area contributed by atoms with Crippen LogP contribution in [0.5, 0.6) is 5.75 Å². The molecule has 3 aromatic carbocycles. The van der Waals surface area contributed by atoms with Gasteiger partial charge in [-0.15, -0.1) is 0 Å². The van der Waals surface area contributed by atoms with E-state index in [1.54, 1.807) is 55.3 Å². The highest BCUT2D eigenvalue weighted by Gasteiger charge is 2.64. The number of nitrogens with zero attached hydrogens (tertiary/aromatic N) is 9. The molecule has 6 aliphatic rings. The Balaban J connectivity index is 0.714. The first-order chi connectivity index (χ1) is 34.4. The number of fused-ring (bicyclic) bond motifs is 2. The van der Waals surface area contributed by atoms with Gasteiger partial charge in [0.1, 0.15) is 17.9 Å². The molecular weight excluding hydrogens is 934 g/mol. The summed E-state index contributed by atoms with van der Waals surface area (Å²) in [6, 6.07) is 19.5. The van der Waals surface area contributed by atoms with Crippen LogP contribution in [0.4, 0.5) is 26.0 Å². The number of nitriles is 1. The number of carbonyl (C=O) groups is 2. The SMILES string of the molecule is CC(=O)N1CCc2c(c(N3CCCc4cc(-c5cnn(C)c5)c(C(F)F)cc43)nn2C2CCN(C3CCC4(C3)CN(c3ccc(C(=O)NC5C(C)(C)C(Oc6ccc(C#N)c(Cl)c6)C5(C)C)cc3)C4)CC2)C1. The third-order valence-corrected chi connectivity index (χ3v) is 17.7. The number of aromatic nitrogens is 4. The molecule has 13 nitrogen and oxygen atoms in total. The second-order valence-corrected chi connectivity index (χ2v) is 23.2. The van der Waals surface area contributed by atoms with E-state index >= 15 is 0 Å². The Kier molecular flexibility index (Phi) is 12.2. The first-order valence-corrected chi connectivity index (χ1v) is 26.1. The number of piperidine rings is 1. The Morgan fingerprint density at radius 3 is 2.36 bits per heavy atom. The van der Waals surface area contributed by atoms with Crippen LogP contribution in [0.3, 0.4) is 0 Å². The summed E-state index contributed by atoms with van der Waals surface area (Å²) in [6.07, 6.45) is 8.53. The largest absolute Gasteiger partial charge is 0.489 e. The van der Waals surface area contributed by atoms with Crippen LogP contribution in [0.1, 0.15) is 124 Å². The molecule has 72 heavy (non-hydrogen) atoms. The van der Waals surface area contributed by atoms with Gasteiger partial charge < -0.3 is 29.7 Å². The zero-order valence-electron chi connectivity index (χ0n) is 42.2. The Morgan fingerprint density at radius 1 is 0.944 bits per heavy atom. The number of likely N-dealkylation sites (tertiary alicyclic amines) is 1. The van der Waals surface area contributed by atoms with Crippen molar-refractivity contribution < 1.29 is 23.1 Å². The minimum atomic E-state index is -2.66. The van der Waals surface area contributed by atoms with Gasteiger partial charge in [0.05, 0.1) is 29.4 Å². The number of amides is 2. The molecule has 6 heterocycles. The van der Waals surface area contributed by atoms with Gasteiger partial charge in [-0.3, -0.25) is 19.0 Å². The molecule has 2 saturated carbocycles. The third-order valence-electron chi connectivity index (χ3n) is 17.4. The number of alkyl halides is 2. The summed E-state index contributed by atoms with van der Waals surface area (Å²) in [6.45, 7) is 15.9. The molecule has 1 N–H and O–H groups in total. The van der Waals surface area contributed by atoms with Crippen LogP contribution in [0, 0.1) is 27.6 Å². The van der Waals surface area contributed by atoms with Crippen molar-refractivity contribution in [1.82, 2.24) is 34.7 Å². The third kappa shape index (κ3) is 8.40. The normalized spacial score (nSPS) is 23.3. The van der Waals surface area contributed by atoms with Crippen LogP contribution < -0.4 is 19.9 Å². The van der Waals surface area contributed by atoms with Gasteiger partial charge in [-0.1, -0.05) is 39.3 Å². The standard InChI is InChI=1S/C56H65ClF2N10O3/c1-34(70)66-23-18-47-45(31-66)50(68-20-7-8-36-24-43(38-29-61-64(6)30-38)44(49(58)59)26-48(36)68)63-69(47)40-16-21-65(22-17-40)41-15-19-56(27-41)32-67(33-56)39-12-9-35(10-13-39)51(71)62-52-54(2,3)53(55(52,4)5)72-42-14-11-37(28-60)46(57)25-42/h9-14,24-26,29-30,40-41,49,52-53H,7-8,15-23,27,31-33H2,1-6H3,(H,62,71). The van der Waals surface area contributed by atoms with E-state index in [1.165, 1.54) is 25.0 Å². The highest BCUT2D eigenvalue weighted by atomic mass is 35.5. The molecule has 2 aromatic heterocycles. The Bertz CT molecular complexity index is 2950. The van der Waals surface area contributed by atoms with Crippen LogP contribution in [0.15, 0.2) is 67.0 Å². The van der Waals surface area contributed by atoms with Crippen molar-refractivity contribution in [2.45, 2.75) is 123 Å². The number of ether oxygens (including phenoxy) is 1. The molecule has 2 aliphatic carbocycles. The first kappa shape index (κ1) is 48.3. The molecule has 0 bridgehead atoms. The highest BCUT2D eigenvalue weighted by molar-refractivity contribution is 6.31. The lowest BCUT2D eigenvalue weighted by Crippen LogP contribution is -2.74. The zero-order chi connectivity index (χ0) is 50.4. The fourth-order valence-corrected chi connectivity index (χ4v) is 14.1. The number of nitrogens with one attached hydrogen (secondary N) is 1. The minimum Gasteiger partial charge on any atom is -0.489 e. The van der Waals surface area contributed by atoms with Crippen LogP contribution in [0.25, 0.3) is 11.1 Å². The Morgan fingerprint density at radius 2 is 1.69 bits per heavy atom. The monoisotopic (exact) mass is 998 g/mol. The van der Waals surface area contributed by atoms with Gasteiger partial charge in [0.2, 0.25) is 5.91 Å². The molecule has 2 saturated heterocycles. The van der Waals surface area contributed by atoms with Crippen LogP contribution in [-0.2, 0) is 31.2 Å². The van der Waals surface area contributed by atoms with Crippen molar-refractivity contribution in [2.75, 3.05) is 49.1 Å². The second-order valence-electron chi connectivity index (χ2n) is 22.8. The van der Waals surface area contributed by atoms with Crippen molar-refractivity contribution >= 4 is 40.6 Å². The van der Waals surface area contributed by atoms with Crippen molar-refractivity contribution in [3.05, 3.63) is 106 Å². The summed E-state index contributed by atoms with van der Waals surface area (Å²) in [5.74, 6) is 1.33. The number of hydrogen-bond donors (Lipinski definition) is 1. The molecule has 11 rings (SSSR count). The smallest absolute Gasteiger partial charge is 0.264 e. The number of aryl methyl sites for hydroxylation is 2. The number of anilines is 3. The second kappa shape index (κ2) is 18.2. The summed E-state index contributed by atoms with van der Waals surface area (Å²) in [5, 5.41) is 22.6. The highest BCUT2D eigenvalue weighted by Crippen LogP contribution is 2.56. The van der Waals surface area contributed by atoms with E-state index in [9.17, 15) is 23.6 Å². The molecule has 5 aromatic rings. The quantitative estimate of drug-likeness (QED) is 0.146. The molecule has 1 spiro atoms. The fraction of sp³-hybridized carbons (Fsp3) is 0.518. The predicted octanol–water partition coefficient (Wildman–Crippen LogP) is 10.0. The van der Waals surface area contributed by atoms with Gasteiger partial charge in [-0.05, 0) is 105 Å². The topological polar surface area (TPSA) is 128 Å². The maximum atomic E-state index is 14.8. The maximum absolute atomic E-state index is 14.8. The van der Waals surface area contributed by atoms with Gasteiger partial charge in [-0.2, -0.15) is 15.5 Å². The summed E-state index contributed by atoms with van der Waals surface area (Å²) < 4.78 is 40.0. The maximum Gasteiger partial charge on any atom is 0.264 e. The molecule has 2 amide bonds. The summed E-state index contributed by atoms with van der Waals surface area (Å²) >= 11 is 6.29. The fourth-order valence-electron chi connectivity index (χ4n) is 13.9. The van der Waals surface area contributed by atoms with E-state index in [-0.39, 0.29) is 46.4 Å². The van der Waals surface area contributed by atoms with Gasteiger partial charge in [0.15, 0.2) is 5.82 Å². The van der Waals surface area contributed by atoms with Crippen LogP contribution in [-0.4, -0.2) is 98.6 Å². The van der Waals surface area contributed by atoms with E-state index in [1.807, 2.05) is 23.1 Å². The number of halogens is 3. The van der Waals surface area contributed by atoms with Crippen molar-refractivity contribution in [3.8, 4) is 22.9 Å². The number of carbonyl (C=O) groups excluding carboxylic acids is 2. The summed E-state index contributed by atoms with van der Waals surface area (Å²) in [4.78, 5) is 35.6. The molecule has 1 unspecified atom stereocenters. The number of hydrogen-bond acceptors (Lipinski definition) is 9. The molecular formula is C56H65ClF2N10O3. The van der Waals surface area contributed by atoms with Crippen molar-refractivity contribution in [1.29, 1.82) is 5.26 Å². The average Bonchev–Trinajstić information content (AvgIpc) is 4.11. The van der Waals surface area contributed by atoms with Gasteiger partial charge in [0, 0.05) is 140 Å². The molecule has 378 valence electrons. The lowest BCUT2D eigenvalue weighted by Gasteiger charge is -2.63. The van der Waals surface area contributed by atoms with E-state index in [4.69, 9.17) is 21.4 Å². The van der Waals surface area contributed by atoms with Crippen LogP contribution in [0.2, 0.25) is 5.02 Å². The molecule has 4 fully saturated rings. The minimum absolute atomic E-state index is 0.00649. The molecule has 1 atom stereocenters. The molecule has 4 aliphatic heterocycles. The zero-order valence-corrected chi connectivity index (χ0v) is 43.0. The van der Waals surface area contributed by atoms with Gasteiger partial charge >= 0.3 is 0 Å². The average molecular weight is 1000 g/mol. The van der Waals surface area contributed by atoms with Crippen molar-refractivity contribution in [3.63, 3.8) is 0 Å². The van der Waals surface area contributed by atoms with E-state index < -0.39 is 6.43 Å². The molecule has 16 heteroatoms.